The maximum Gasteiger partial charge on any atom is 0.0449 e. The topological polar surface area (TPSA) is 12.0 Å². The first-order valence-electron chi connectivity index (χ1n) is 6.63. The third-order valence-corrected chi connectivity index (χ3v) is 3.81. The molecule has 0 amide bonds. The van der Waals surface area contributed by atoms with E-state index in [1.807, 2.05) is 6.07 Å². The molecule has 1 nitrogen and oxygen atoms in total. The van der Waals surface area contributed by atoms with Crippen LogP contribution in [0, 0.1) is 11.8 Å². The van der Waals surface area contributed by atoms with Crippen LogP contribution in [-0.2, 0) is 6.42 Å². The third-order valence-electron chi connectivity index (χ3n) is 2.97. The van der Waals surface area contributed by atoms with Gasteiger partial charge in [0.2, 0.25) is 0 Å². The smallest absolute Gasteiger partial charge is 0.0449 e. The van der Waals surface area contributed by atoms with Crippen LogP contribution < -0.4 is 5.32 Å². The van der Waals surface area contributed by atoms with Crippen LogP contribution in [0.2, 0.25) is 5.02 Å². The molecule has 1 N–H and O–H groups in total. The highest BCUT2D eigenvalue weighted by Gasteiger charge is 2.06. The summed E-state index contributed by atoms with van der Waals surface area (Å²) in [6.45, 7) is 8.95. The fourth-order valence-corrected chi connectivity index (χ4v) is 2.61. The Hall–Kier alpha value is -0.0500. The molecular formula is C15H23BrClN. The monoisotopic (exact) mass is 331 g/mol. The van der Waals surface area contributed by atoms with Crippen molar-refractivity contribution in [3.05, 3.63) is 33.3 Å². The maximum atomic E-state index is 6.21. The summed E-state index contributed by atoms with van der Waals surface area (Å²) in [5, 5.41) is 4.37. The SMILES string of the molecule is CC(C)CNCC(C)CCc1ccc(Br)cc1Cl. The number of aryl methyl sites for hydroxylation is 1. The van der Waals surface area contributed by atoms with Gasteiger partial charge in [-0.05, 0) is 55.5 Å². The Morgan fingerprint density at radius 2 is 1.94 bits per heavy atom. The van der Waals surface area contributed by atoms with E-state index in [2.05, 4.69) is 54.2 Å². The molecule has 3 heteroatoms. The molecule has 0 aliphatic heterocycles. The Morgan fingerprint density at radius 3 is 2.56 bits per heavy atom. The second-order valence-corrected chi connectivity index (χ2v) is 6.75. The van der Waals surface area contributed by atoms with Gasteiger partial charge in [-0.1, -0.05) is 54.4 Å². The minimum atomic E-state index is 0.684. The van der Waals surface area contributed by atoms with E-state index in [1.165, 1.54) is 12.0 Å². The molecule has 0 aliphatic rings. The van der Waals surface area contributed by atoms with Crippen molar-refractivity contribution in [2.24, 2.45) is 11.8 Å². The first kappa shape index (κ1) is 16.0. The fraction of sp³-hybridized carbons (Fsp3) is 0.600. The first-order valence-corrected chi connectivity index (χ1v) is 7.80. The van der Waals surface area contributed by atoms with Crippen LogP contribution >= 0.6 is 27.5 Å². The van der Waals surface area contributed by atoms with Gasteiger partial charge < -0.3 is 5.32 Å². The van der Waals surface area contributed by atoms with Crippen LogP contribution in [0.25, 0.3) is 0 Å². The molecule has 0 bridgehead atoms. The van der Waals surface area contributed by atoms with Gasteiger partial charge in [0.05, 0.1) is 0 Å². The van der Waals surface area contributed by atoms with Gasteiger partial charge in [-0.15, -0.1) is 0 Å². The predicted octanol–water partition coefficient (Wildman–Crippen LogP) is 4.92. The summed E-state index contributed by atoms with van der Waals surface area (Å²) >= 11 is 9.64. The summed E-state index contributed by atoms with van der Waals surface area (Å²) in [7, 11) is 0. The van der Waals surface area contributed by atoms with Gasteiger partial charge in [0, 0.05) is 9.50 Å². The van der Waals surface area contributed by atoms with Gasteiger partial charge in [-0.3, -0.25) is 0 Å². The van der Waals surface area contributed by atoms with Crippen LogP contribution in [0.4, 0.5) is 0 Å². The molecule has 0 saturated heterocycles. The van der Waals surface area contributed by atoms with E-state index in [1.54, 1.807) is 0 Å². The summed E-state index contributed by atoms with van der Waals surface area (Å²) in [6.07, 6.45) is 2.23. The van der Waals surface area contributed by atoms with Gasteiger partial charge in [-0.25, -0.2) is 0 Å². The summed E-state index contributed by atoms with van der Waals surface area (Å²) in [6, 6.07) is 6.14. The molecule has 1 atom stereocenters. The van der Waals surface area contributed by atoms with Crippen molar-refractivity contribution in [3.8, 4) is 0 Å². The van der Waals surface area contributed by atoms with Gasteiger partial charge in [-0.2, -0.15) is 0 Å². The van der Waals surface area contributed by atoms with Crippen molar-refractivity contribution < 1.29 is 0 Å². The molecular weight excluding hydrogens is 310 g/mol. The van der Waals surface area contributed by atoms with Gasteiger partial charge >= 0.3 is 0 Å². The number of hydrogen-bond donors (Lipinski definition) is 1. The number of hydrogen-bond acceptors (Lipinski definition) is 1. The summed E-state index contributed by atoms with van der Waals surface area (Å²) < 4.78 is 1.04. The highest BCUT2D eigenvalue weighted by atomic mass is 79.9. The Bertz CT molecular complexity index is 366. The lowest BCUT2D eigenvalue weighted by Gasteiger charge is -2.14. The summed E-state index contributed by atoms with van der Waals surface area (Å²) in [5.41, 5.74) is 1.25. The lowest BCUT2D eigenvalue weighted by atomic mass is 10.0. The van der Waals surface area contributed by atoms with Crippen molar-refractivity contribution in [3.63, 3.8) is 0 Å². The quantitative estimate of drug-likeness (QED) is 0.747. The van der Waals surface area contributed by atoms with E-state index in [-0.39, 0.29) is 0 Å². The molecule has 0 saturated carbocycles. The minimum absolute atomic E-state index is 0.684. The second-order valence-electron chi connectivity index (χ2n) is 5.43. The zero-order valence-corrected chi connectivity index (χ0v) is 13.8. The van der Waals surface area contributed by atoms with Crippen molar-refractivity contribution in [2.45, 2.75) is 33.6 Å². The third kappa shape index (κ3) is 6.21. The minimum Gasteiger partial charge on any atom is -0.316 e. The van der Waals surface area contributed by atoms with Crippen LogP contribution in [0.3, 0.4) is 0 Å². The zero-order valence-electron chi connectivity index (χ0n) is 11.5. The van der Waals surface area contributed by atoms with Gasteiger partial charge in [0.1, 0.15) is 0 Å². The molecule has 0 aromatic heterocycles. The van der Waals surface area contributed by atoms with Gasteiger partial charge in [0.25, 0.3) is 0 Å². The fourth-order valence-electron chi connectivity index (χ4n) is 1.85. The Balaban J connectivity index is 2.31. The average Bonchev–Trinajstić information content (AvgIpc) is 2.27. The van der Waals surface area contributed by atoms with Crippen LogP contribution in [0.5, 0.6) is 0 Å². The number of rotatable bonds is 7. The number of nitrogens with one attached hydrogen (secondary N) is 1. The summed E-state index contributed by atoms with van der Waals surface area (Å²) in [4.78, 5) is 0. The first-order chi connectivity index (χ1) is 8.49. The normalized spacial score (nSPS) is 13.0. The van der Waals surface area contributed by atoms with E-state index in [4.69, 9.17) is 11.6 Å². The van der Waals surface area contributed by atoms with Crippen molar-refractivity contribution in [1.82, 2.24) is 5.32 Å². The van der Waals surface area contributed by atoms with E-state index in [9.17, 15) is 0 Å². The standard InChI is InChI=1S/C15H23BrClN/c1-11(2)9-18-10-12(3)4-5-13-6-7-14(16)8-15(13)17/h6-8,11-12,18H,4-5,9-10H2,1-3H3. The van der Waals surface area contributed by atoms with Crippen molar-refractivity contribution >= 4 is 27.5 Å². The molecule has 0 spiro atoms. The van der Waals surface area contributed by atoms with E-state index in [0.29, 0.717) is 5.92 Å². The van der Waals surface area contributed by atoms with Gasteiger partial charge in [0.15, 0.2) is 0 Å². The molecule has 18 heavy (non-hydrogen) atoms. The number of benzene rings is 1. The Kier molecular flexibility index (Phi) is 7.28. The van der Waals surface area contributed by atoms with Crippen molar-refractivity contribution in [2.75, 3.05) is 13.1 Å². The van der Waals surface area contributed by atoms with Crippen molar-refractivity contribution in [1.29, 1.82) is 0 Å². The van der Waals surface area contributed by atoms with Crippen LogP contribution in [-0.4, -0.2) is 13.1 Å². The Labute approximate surface area is 124 Å². The molecule has 0 radical (unpaired) electrons. The van der Waals surface area contributed by atoms with E-state index < -0.39 is 0 Å². The van der Waals surface area contributed by atoms with E-state index >= 15 is 0 Å². The molecule has 0 fully saturated rings. The zero-order chi connectivity index (χ0) is 13.5. The molecule has 1 rings (SSSR count). The molecule has 0 heterocycles. The van der Waals surface area contributed by atoms with E-state index in [0.717, 1.165) is 34.9 Å². The highest BCUT2D eigenvalue weighted by molar-refractivity contribution is 9.10. The molecule has 0 aliphatic carbocycles. The average molecular weight is 333 g/mol. The van der Waals surface area contributed by atoms with Crippen LogP contribution in [0.1, 0.15) is 32.8 Å². The molecule has 102 valence electrons. The summed E-state index contributed by atoms with van der Waals surface area (Å²) in [5.74, 6) is 1.40. The van der Waals surface area contributed by atoms with Crippen LogP contribution in [0.15, 0.2) is 22.7 Å². The maximum absolute atomic E-state index is 6.21. The number of halogens is 2. The molecule has 1 aromatic rings. The predicted molar refractivity (Wildman–Crippen MR) is 84.3 cm³/mol. The lowest BCUT2D eigenvalue weighted by Crippen LogP contribution is -2.25. The lowest BCUT2D eigenvalue weighted by molar-refractivity contribution is 0.454. The second kappa shape index (κ2) is 8.19. The molecule has 1 unspecified atom stereocenters. The highest BCUT2D eigenvalue weighted by Crippen LogP contribution is 2.23. The largest absolute Gasteiger partial charge is 0.316 e. The molecule has 1 aromatic carbocycles. The Morgan fingerprint density at radius 1 is 1.22 bits per heavy atom.